The van der Waals surface area contributed by atoms with Crippen molar-refractivity contribution in [2.24, 2.45) is 23.7 Å². The van der Waals surface area contributed by atoms with Gasteiger partial charge < -0.3 is 0 Å². The van der Waals surface area contributed by atoms with Crippen LogP contribution in [0.2, 0.25) is 0 Å². The maximum atomic E-state index is 13.9. The van der Waals surface area contributed by atoms with Crippen LogP contribution >= 0.6 is 0 Å². The number of unbranched alkanes of at least 4 members (excludes halogenated alkanes) is 2. The standard InChI is InChI=1S/C22H35F7/c1-2-3-4-5-16-6-8-17(9-7-16)10-11-18-12-14-19(15-13-18)20(23,24)21(25,26)22(27,28)29/h16-19H,2-15H2,1H3/t16-,17-,18-,19-. The van der Waals surface area contributed by atoms with Crippen LogP contribution in [0.4, 0.5) is 30.7 Å². The summed E-state index contributed by atoms with van der Waals surface area (Å²) in [5, 5.41) is 0. The van der Waals surface area contributed by atoms with Gasteiger partial charge in [-0.25, -0.2) is 0 Å². The number of halogens is 7. The van der Waals surface area contributed by atoms with Crippen LogP contribution < -0.4 is 0 Å². The molecule has 0 saturated heterocycles. The van der Waals surface area contributed by atoms with Crippen LogP contribution in [0.15, 0.2) is 0 Å². The third kappa shape index (κ3) is 6.25. The van der Waals surface area contributed by atoms with E-state index < -0.39 is 23.9 Å². The molecule has 0 bridgehead atoms. The molecule has 0 unspecified atom stereocenters. The Bertz CT molecular complexity index is 470. The number of hydrogen-bond acceptors (Lipinski definition) is 0. The summed E-state index contributed by atoms with van der Waals surface area (Å²) in [6, 6.07) is 0. The van der Waals surface area contributed by atoms with Crippen molar-refractivity contribution in [2.45, 2.75) is 115 Å². The molecule has 0 aliphatic heterocycles. The quantitative estimate of drug-likeness (QED) is 0.252. The van der Waals surface area contributed by atoms with Gasteiger partial charge in [0, 0.05) is 5.92 Å². The minimum atomic E-state index is -6.22. The first kappa shape index (κ1) is 24.8. The molecule has 2 aliphatic rings. The van der Waals surface area contributed by atoms with Crippen LogP contribution in [0, 0.1) is 23.7 Å². The van der Waals surface area contributed by atoms with Crippen LogP contribution in [0.25, 0.3) is 0 Å². The first-order valence-corrected chi connectivity index (χ1v) is 11.3. The van der Waals surface area contributed by atoms with Crippen molar-refractivity contribution in [3.8, 4) is 0 Å². The molecule has 0 atom stereocenters. The predicted octanol–water partition coefficient (Wildman–Crippen LogP) is 8.79. The smallest absolute Gasteiger partial charge is 0.199 e. The molecule has 0 spiro atoms. The van der Waals surface area contributed by atoms with Crippen molar-refractivity contribution in [3.63, 3.8) is 0 Å². The first-order chi connectivity index (χ1) is 13.5. The van der Waals surface area contributed by atoms with Crippen LogP contribution in [0.5, 0.6) is 0 Å². The van der Waals surface area contributed by atoms with E-state index in [2.05, 4.69) is 6.92 Å². The second-order valence-electron chi connectivity index (χ2n) is 9.37. The van der Waals surface area contributed by atoms with Crippen molar-refractivity contribution >= 4 is 0 Å². The monoisotopic (exact) mass is 432 g/mol. The average Bonchev–Trinajstić information content (AvgIpc) is 2.67. The molecular weight excluding hydrogens is 397 g/mol. The summed E-state index contributed by atoms with van der Waals surface area (Å²) < 4.78 is 91.3. The highest BCUT2D eigenvalue weighted by molar-refractivity contribution is 4.97. The molecule has 7 heteroatoms. The lowest BCUT2D eigenvalue weighted by Gasteiger charge is -2.38. The number of alkyl halides is 7. The Kier molecular flexibility index (Phi) is 8.73. The Morgan fingerprint density at radius 3 is 1.41 bits per heavy atom. The van der Waals surface area contributed by atoms with Gasteiger partial charge in [0.05, 0.1) is 0 Å². The summed E-state index contributed by atoms with van der Waals surface area (Å²) in [6.45, 7) is 2.20. The third-order valence-corrected chi connectivity index (χ3v) is 7.30. The van der Waals surface area contributed by atoms with Crippen molar-refractivity contribution in [2.75, 3.05) is 0 Å². The van der Waals surface area contributed by atoms with Gasteiger partial charge in [0.15, 0.2) is 0 Å². The minimum absolute atomic E-state index is 0.170. The summed E-state index contributed by atoms with van der Waals surface area (Å²) in [7, 11) is 0. The molecule has 0 N–H and O–H groups in total. The largest absolute Gasteiger partial charge is 0.459 e. The molecule has 0 aromatic heterocycles. The molecular formula is C22H35F7. The van der Waals surface area contributed by atoms with Crippen LogP contribution in [0.1, 0.15) is 96.8 Å². The molecule has 2 saturated carbocycles. The maximum absolute atomic E-state index is 13.9. The molecule has 0 radical (unpaired) electrons. The molecule has 172 valence electrons. The molecule has 2 rings (SSSR count). The zero-order valence-electron chi connectivity index (χ0n) is 17.4. The van der Waals surface area contributed by atoms with Crippen molar-refractivity contribution in [1.29, 1.82) is 0 Å². The SMILES string of the molecule is CCCCC[C@H]1CC[C@H](CC[C@H]2CC[C@H](C(F)(F)C(F)(F)C(F)(F)F)CC2)CC1. The van der Waals surface area contributed by atoms with Gasteiger partial charge in [0.2, 0.25) is 0 Å². The molecule has 0 heterocycles. The van der Waals surface area contributed by atoms with Gasteiger partial charge in [-0.15, -0.1) is 0 Å². The summed E-state index contributed by atoms with van der Waals surface area (Å²) in [5.74, 6) is -11.3. The molecule has 0 aromatic rings. The molecule has 29 heavy (non-hydrogen) atoms. The normalized spacial score (nSPS) is 29.8. The van der Waals surface area contributed by atoms with Gasteiger partial charge in [-0.2, -0.15) is 30.7 Å². The summed E-state index contributed by atoms with van der Waals surface area (Å²) in [6.07, 6.45) is 5.82. The van der Waals surface area contributed by atoms with Crippen molar-refractivity contribution < 1.29 is 30.7 Å². The van der Waals surface area contributed by atoms with E-state index in [1.54, 1.807) is 0 Å². The third-order valence-electron chi connectivity index (χ3n) is 7.30. The molecule has 2 fully saturated rings. The van der Waals surface area contributed by atoms with Crippen LogP contribution in [-0.2, 0) is 0 Å². The van der Waals surface area contributed by atoms with Crippen molar-refractivity contribution in [1.82, 2.24) is 0 Å². The van der Waals surface area contributed by atoms with E-state index in [1.807, 2.05) is 0 Å². The van der Waals surface area contributed by atoms with Crippen molar-refractivity contribution in [3.05, 3.63) is 0 Å². The fourth-order valence-corrected chi connectivity index (χ4v) is 5.22. The zero-order chi connectivity index (χ0) is 21.7. The summed E-state index contributed by atoms with van der Waals surface area (Å²) >= 11 is 0. The highest BCUT2D eigenvalue weighted by Crippen LogP contribution is 2.53. The average molecular weight is 433 g/mol. The molecule has 0 nitrogen and oxygen atoms in total. The Balaban J connectivity index is 1.70. The predicted molar refractivity (Wildman–Crippen MR) is 100 cm³/mol. The van der Waals surface area contributed by atoms with E-state index in [9.17, 15) is 30.7 Å². The Labute approximate surface area is 170 Å². The van der Waals surface area contributed by atoms with E-state index in [0.717, 1.165) is 18.8 Å². The Hall–Kier alpha value is -0.490. The highest BCUT2D eigenvalue weighted by atomic mass is 19.4. The fraction of sp³-hybridized carbons (Fsp3) is 1.00. The van der Waals surface area contributed by atoms with Gasteiger partial charge in [0.25, 0.3) is 0 Å². The highest BCUT2D eigenvalue weighted by Gasteiger charge is 2.74. The fourth-order valence-electron chi connectivity index (χ4n) is 5.22. The van der Waals surface area contributed by atoms with Gasteiger partial charge in [-0.1, -0.05) is 71.1 Å². The first-order valence-electron chi connectivity index (χ1n) is 11.3. The van der Waals surface area contributed by atoms with E-state index >= 15 is 0 Å². The van der Waals surface area contributed by atoms with Gasteiger partial charge in [-0.3, -0.25) is 0 Å². The number of rotatable bonds is 9. The minimum Gasteiger partial charge on any atom is -0.199 e. The molecule has 0 amide bonds. The molecule has 0 aromatic carbocycles. The summed E-state index contributed by atoms with van der Waals surface area (Å²) in [5.41, 5.74) is 0. The molecule has 2 aliphatic carbocycles. The van der Waals surface area contributed by atoms with E-state index in [4.69, 9.17) is 0 Å². The topological polar surface area (TPSA) is 0 Å². The van der Waals surface area contributed by atoms with Gasteiger partial charge in [0.1, 0.15) is 0 Å². The lowest BCUT2D eigenvalue weighted by molar-refractivity contribution is -0.367. The summed E-state index contributed by atoms with van der Waals surface area (Å²) in [4.78, 5) is 0. The van der Waals surface area contributed by atoms with E-state index in [1.165, 1.54) is 51.4 Å². The van der Waals surface area contributed by atoms with E-state index in [-0.39, 0.29) is 18.8 Å². The zero-order valence-corrected chi connectivity index (χ0v) is 17.4. The van der Waals surface area contributed by atoms with Crippen LogP contribution in [-0.4, -0.2) is 18.0 Å². The Morgan fingerprint density at radius 2 is 1.00 bits per heavy atom. The van der Waals surface area contributed by atoms with Crippen LogP contribution in [0.3, 0.4) is 0 Å². The number of hydrogen-bond donors (Lipinski definition) is 0. The van der Waals surface area contributed by atoms with Gasteiger partial charge in [-0.05, 0) is 43.4 Å². The lowest BCUT2D eigenvalue weighted by atomic mass is 9.73. The maximum Gasteiger partial charge on any atom is 0.459 e. The van der Waals surface area contributed by atoms with E-state index in [0.29, 0.717) is 18.8 Å². The van der Waals surface area contributed by atoms with Gasteiger partial charge >= 0.3 is 18.0 Å². The second kappa shape index (κ2) is 10.2. The Morgan fingerprint density at radius 1 is 0.586 bits per heavy atom. The lowest BCUT2D eigenvalue weighted by Crippen LogP contribution is -2.56. The second-order valence-corrected chi connectivity index (χ2v) is 9.37.